The zero-order valence-electron chi connectivity index (χ0n) is 16.8. The van der Waals surface area contributed by atoms with Crippen LogP contribution in [0.3, 0.4) is 0 Å². The number of para-hydroxylation sites is 2. The lowest BCUT2D eigenvalue weighted by atomic mass is 10.1. The van der Waals surface area contributed by atoms with E-state index in [1.807, 2.05) is 62.4 Å². The topological polar surface area (TPSA) is 83.0 Å². The summed E-state index contributed by atoms with van der Waals surface area (Å²) in [6, 6.07) is 15.5. The Hall–Kier alpha value is -3.41. The van der Waals surface area contributed by atoms with Crippen LogP contribution >= 0.6 is 0 Å². The molecule has 0 aliphatic heterocycles. The Kier molecular flexibility index (Phi) is 4.92. The molecular weight excluding hydrogens is 364 g/mol. The maximum absolute atomic E-state index is 13.0. The first-order chi connectivity index (χ1) is 14.0. The Morgan fingerprint density at radius 3 is 2.55 bits per heavy atom. The predicted molar refractivity (Wildman–Crippen MR) is 115 cm³/mol. The van der Waals surface area contributed by atoms with E-state index < -0.39 is 5.97 Å². The number of ether oxygens (including phenoxy) is 1. The molecule has 4 rings (SSSR count). The van der Waals surface area contributed by atoms with Gasteiger partial charge in [-0.25, -0.2) is 14.8 Å². The maximum atomic E-state index is 13.0. The number of esters is 1. The van der Waals surface area contributed by atoms with E-state index in [0.29, 0.717) is 23.3 Å². The van der Waals surface area contributed by atoms with Crippen LogP contribution in [-0.4, -0.2) is 27.1 Å². The Bertz CT molecular complexity index is 1210. The number of nitrogens with zero attached hydrogens (tertiary/aromatic N) is 3. The average molecular weight is 388 g/mol. The number of benzene rings is 2. The highest BCUT2D eigenvalue weighted by atomic mass is 16.5. The van der Waals surface area contributed by atoms with Gasteiger partial charge in [-0.3, -0.25) is 4.57 Å². The lowest BCUT2D eigenvalue weighted by Crippen LogP contribution is -2.13. The average Bonchev–Trinajstić information content (AvgIpc) is 3.00. The summed E-state index contributed by atoms with van der Waals surface area (Å²) >= 11 is 0. The lowest BCUT2D eigenvalue weighted by Gasteiger charge is -2.10. The van der Waals surface area contributed by atoms with Crippen molar-refractivity contribution in [2.24, 2.45) is 5.92 Å². The van der Waals surface area contributed by atoms with Crippen LogP contribution in [0.15, 0.2) is 48.5 Å². The largest absolute Gasteiger partial charge is 0.462 e. The van der Waals surface area contributed by atoms with E-state index in [4.69, 9.17) is 20.4 Å². The van der Waals surface area contributed by atoms with Crippen molar-refractivity contribution in [1.29, 1.82) is 0 Å². The molecule has 148 valence electrons. The van der Waals surface area contributed by atoms with Gasteiger partial charge in [0, 0.05) is 5.69 Å². The molecule has 29 heavy (non-hydrogen) atoms. The third-order valence-electron chi connectivity index (χ3n) is 5.16. The summed E-state index contributed by atoms with van der Waals surface area (Å²) in [5.41, 5.74) is 11.1. The Morgan fingerprint density at radius 2 is 1.86 bits per heavy atom. The normalized spacial score (nSPS) is 12.4. The molecule has 4 aromatic rings. The molecule has 0 fully saturated rings. The van der Waals surface area contributed by atoms with Gasteiger partial charge in [0.25, 0.3) is 0 Å². The number of aryl methyl sites for hydroxylation is 1. The molecular formula is C23H24N4O2. The molecule has 0 aliphatic rings. The number of hydrogen-bond donors (Lipinski definition) is 1. The Labute approximate surface area is 169 Å². The summed E-state index contributed by atoms with van der Waals surface area (Å²) in [6.07, 6.45) is 0.929. The fourth-order valence-electron chi connectivity index (χ4n) is 3.30. The minimum absolute atomic E-state index is 0.267. The third-order valence-corrected chi connectivity index (χ3v) is 5.16. The van der Waals surface area contributed by atoms with Crippen LogP contribution < -0.4 is 5.73 Å². The zero-order chi connectivity index (χ0) is 20.5. The number of anilines is 1. The maximum Gasteiger partial charge on any atom is 0.344 e. The van der Waals surface area contributed by atoms with E-state index in [9.17, 15) is 4.79 Å². The van der Waals surface area contributed by atoms with Crippen LogP contribution in [0.2, 0.25) is 0 Å². The molecule has 2 aromatic carbocycles. The first kappa shape index (κ1) is 18.9. The minimum atomic E-state index is -0.469. The summed E-state index contributed by atoms with van der Waals surface area (Å²) in [5.74, 6) is 0.0936. The molecule has 1 atom stereocenters. The van der Waals surface area contributed by atoms with Crippen molar-refractivity contribution in [1.82, 2.24) is 14.5 Å². The van der Waals surface area contributed by atoms with Crippen LogP contribution in [0.25, 0.3) is 27.9 Å². The number of nitrogen functional groups attached to an aromatic ring is 1. The molecule has 0 spiro atoms. The Balaban J connectivity index is 1.96. The second-order valence-electron chi connectivity index (χ2n) is 7.43. The highest BCUT2D eigenvalue weighted by molar-refractivity contribution is 6.09. The first-order valence-corrected chi connectivity index (χ1v) is 9.80. The monoisotopic (exact) mass is 388 g/mol. The third kappa shape index (κ3) is 3.42. The molecule has 6 nitrogen and oxygen atoms in total. The molecule has 0 unspecified atom stereocenters. The first-order valence-electron chi connectivity index (χ1n) is 9.80. The van der Waals surface area contributed by atoms with Crippen molar-refractivity contribution >= 4 is 34.0 Å². The van der Waals surface area contributed by atoms with Crippen LogP contribution in [0, 0.1) is 12.8 Å². The van der Waals surface area contributed by atoms with Gasteiger partial charge in [-0.2, -0.15) is 0 Å². The molecule has 0 aliphatic carbocycles. The molecule has 2 heterocycles. The van der Waals surface area contributed by atoms with E-state index in [1.165, 1.54) is 0 Å². The number of rotatable bonds is 5. The number of fused-ring (bicyclic) bond motifs is 2. The molecule has 0 saturated carbocycles. The van der Waals surface area contributed by atoms with Crippen LogP contribution in [-0.2, 0) is 4.74 Å². The zero-order valence-corrected chi connectivity index (χ0v) is 16.8. The molecule has 0 radical (unpaired) electrons. The van der Waals surface area contributed by atoms with Crippen LogP contribution in [0.1, 0.15) is 36.2 Å². The highest BCUT2D eigenvalue weighted by Gasteiger charge is 2.26. The van der Waals surface area contributed by atoms with Crippen molar-refractivity contribution in [3.8, 4) is 5.69 Å². The van der Waals surface area contributed by atoms with Crippen LogP contribution in [0.4, 0.5) is 5.82 Å². The van der Waals surface area contributed by atoms with Gasteiger partial charge in [-0.1, -0.05) is 44.5 Å². The standard InChI is InChI=1S/C23H24N4O2/c1-4-14(2)13-29-23(28)19-20-22(26-18-11-6-5-10-17(18)25-20)27(21(19)24)16-9-7-8-15(3)12-16/h5-12,14H,4,13,24H2,1-3H3/t14-/m1/s1. The van der Waals surface area contributed by atoms with Gasteiger partial charge >= 0.3 is 5.97 Å². The van der Waals surface area contributed by atoms with Gasteiger partial charge in [0.2, 0.25) is 0 Å². The summed E-state index contributed by atoms with van der Waals surface area (Å²) in [4.78, 5) is 22.4. The van der Waals surface area contributed by atoms with Crippen LogP contribution in [0.5, 0.6) is 0 Å². The highest BCUT2D eigenvalue weighted by Crippen LogP contribution is 2.31. The van der Waals surface area contributed by atoms with E-state index in [0.717, 1.165) is 23.2 Å². The summed E-state index contributed by atoms with van der Waals surface area (Å²) in [7, 11) is 0. The molecule has 0 amide bonds. The van der Waals surface area contributed by atoms with Crippen molar-refractivity contribution in [3.05, 3.63) is 59.7 Å². The van der Waals surface area contributed by atoms with Gasteiger partial charge in [-0.05, 0) is 42.7 Å². The SMILES string of the molecule is CC[C@@H](C)COC(=O)c1c(N)n(-c2cccc(C)c2)c2nc3ccccc3nc12. The number of hydrogen-bond acceptors (Lipinski definition) is 5. The number of aromatic nitrogens is 3. The fraction of sp³-hybridized carbons (Fsp3) is 0.261. The number of nitrogens with two attached hydrogens (primary N) is 1. The second-order valence-corrected chi connectivity index (χ2v) is 7.43. The fourth-order valence-corrected chi connectivity index (χ4v) is 3.30. The lowest BCUT2D eigenvalue weighted by molar-refractivity contribution is 0.0450. The molecule has 0 saturated heterocycles. The number of carbonyl (C=O) groups excluding carboxylic acids is 1. The quantitative estimate of drug-likeness (QED) is 0.503. The van der Waals surface area contributed by atoms with Crippen molar-refractivity contribution in [3.63, 3.8) is 0 Å². The van der Waals surface area contributed by atoms with Gasteiger partial charge in [0.05, 0.1) is 17.6 Å². The van der Waals surface area contributed by atoms with E-state index in [1.54, 1.807) is 4.57 Å². The van der Waals surface area contributed by atoms with Gasteiger partial charge in [-0.15, -0.1) is 0 Å². The van der Waals surface area contributed by atoms with Crippen molar-refractivity contribution in [2.45, 2.75) is 27.2 Å². The van der Waals surface area contributed by atoms with Gasteiger partial charge in [0.15, 0.2) is 5.65 Å². The molecule has 6 heteroatoms. The minimum Gasteiger partial charge on any atom is -0.462 e. The second kappa shape index (κ2) is 7.54. The molecule has 2 aromatic heterocycles. The van der Waals surface area contributed by atoms with E-state index >= 15 is 0 Å². The summed E-state index contributed by atoms with van der Waals surface area (Å²) in [6.45, 7) is 6.45. The number of carbonyl (C=O) groups is 1. The van der Waals surface area contributed by atoms with Crippen molar-refractivity contribution < 1.29 is 9.53 Å². The summed E-state index contributed by atoms with van der Waals surface area (Å²) in [5, 5.41) is 0. The Morgan fingerprint density at radius 1 is 1.14 bits per heavy atom. The predicted octanol–water partition coefficient (Wildman–Crippen LogP) is 4.67. The molecule has 2 N–H and O–H groups in total. The van der Waals surface area contributed by atoms with Gasteiger partial charge in [0.1, 0.15) is 16.9 Å². The van der Waals surface area contributed by atoms with E-state index in [2.05, 4.69) is 6.92 Å². The van der Waals surface area contributed by atoms with E-state index in [-0.39, 0.29) is 17.3 Å². The summed E-state index contributed by atoms with van der Waals surface area (Å²) < 4.78 is 7.33. The smallest absolute Gasteiger partial charge is 0.344 e. The molecule has 0 bridgehead atoms. The van der Waals surface area contributed by atoms with Gasteiger partial charge < -0.3 is 10.5 Å². The van der Waals surface area contributed by atoms with Crippen molar-refractivity contribution in [2.75, 3.05) is 12.3 Å².